The molecule has 11 heteroatoms. The molecule has 7 rings (SSSR count). The minimum absolute atomic E-state index is 0.0408. The molecule has 1 amide bonds. The number of methoxy groups -OCH3 is 1. The highest BCUT2D eigenvalue weighted by atomic mass is 16.5. The lowest BCUT2D eigenvalue weighted by atomic mass is 9.84. The van der Waals surface area contributed by atoms with E-state index in [0.717, 1.165) is 126 Å². The Balaban J connectivity index is 1.19. The Bertz CT molecular complexity index is 2630. The normalized spacial score (nSPS) is 22.5. The van der Waals surface area contributed by atoms with E-state index in [9.17, 15) is 14.4 Å². The Morgan fingerprint density at radius 2 is 1.45 bits per heavy atom. The van der Waals surface area contributed by atoms with Gasteiger partial charge in [0.05, 0.1) is 53.3 Å². The van der Waals surface area contributed by atoms with Crippen molar-refractivity contribution in [2.75, 3.05) is 13.7 Å². The molecule has 5 aliphatic heterocycles. The van der Waals surface area contributed by atoms with Crippen LogP contribution in [-0.2, 0) is 23.9 Å². The molecule has 5 heterocycles. The summed E-state index contributed by atoms with van der Waals surface area (Å²) in [6.45, 7) is 24.4. The maximum absolute atomic E-state index is 14.9. The predicted molar refractivity (Wildman–Crippen MR) is 321 cm³/mol. The van der Waals surface area contributed by atoms with E-state index in [-0.39, 0.29) is 49.2 Å². The summed E-state index contributed by atoms with van der Waals surface area (Å²) in [5.41, 5.74) is 12.8. The van der Waals surface area contributed by atoms with Gasteiger partial charge in [0.1, 0.15) is 6.61 Å². The van der Waals surface area contributed by atoms with E-state index in [2.05, 4.69) is 102 Å². The summed E-state index contributed by atoms with van der Waals surface area (Å²) in [4.78, 5) is 58.5. The molecule has 8 bridgehead atoms. The van der Waals surface area contributed by atoms with E-state index in [4.69, 9.17) is 24.5 Å². The van der Waals surface area contributed by atoms with Crippen molar-refractivity contribution < 1.29 is 23.9 Å². The molecule has 0 aromatic rings. The maximum Gasteiger partial charge on any atom is 0.310 e. The summed E-state index contributed by atoms with van der Waals surface area (Å²) >= 11 is 0. The Morgan fingerprint density at radius 1 is 0.782 bits per heavy atom. The number of allylic oxidation sites excluding steroid dienone is 11. The van der Waals surface area contributed by atoms with Crippen LogP contribution in [0.5, 0.6) is 0 Å². The molecule has 2 aliphatic carbocycles. The number of amides is 1. The summed E-state index contributed by atoms with van der Waals surface area (Å²) in [5, 5.41) is 11.0. The largest absolute Gasteiger partial charge is 0.469 e. The van der Waals surface area contributed by atoms with E-state index in [1.54, 1.807) is 0 Å². The third-order valence-corrected chi connectivity index (χ3v) is 17.7. The van der Waals surface area contributed by atoms with Crippen LogP contribution in [0, 0.1) is 29.6 Å². The van der Waals surface area contributed by atoms with Crippen molar-refractivity contribution in [1.29, 1.82) is 0 Å². The lowest BCUT2D eigenvalue weighted by Crippen LogP contribution is -2.39. The van der Waals surface area contributed by atoms with Gasteiger partial charge in [0.2, 0.25) is 0 Å². The van der Waals surface area contributed by atoms with Crippen LogP contribution in [-0.4, -0.2) is 60.8 Å². The van der Waals surface area contributed by atoms with Gasteiger partial charge in [-0.15, -0.1) is 0 Å². The maximum atomic E-state index is 14.9. The molecule has 4 atom stereocenters. The van der Waals surface area contributed by atoms with E-state index >= 15 is 0 Å². The molecule has 1 saturated heterocycles. The van der Waals surface area contributed by atoms with E-state index in [1.165, 1.54) is 76.9 Å². The second kappa shape index (κ2) is 29.0. The van der Waals surface area contributed by atoms with Gasteiger partial charge < -0.3 is 25.4 Å². The molecule has 3 N–H and O–H groups in total. The fourth-order valence-electron chi connectivity index (χ4n) is 12.7. The van der Waals surface area contributed by atoms with Gasteiger partial charge in [-0.25, -0.2) is 15.0 Å². The third kappa shape index (κ3) is 15.8. The topological polar surface area (TPSA) is 143 Å². The van der Waals surface area contributed by atoms with Crippen LogP contribution < -0.4 is 16.0 Å². The van der Waals surface area contributed by atoms with Gasteiger partial charge in [0.25, 0.3) is 5.91 Å². The monoisotopic (exact) mass is 1060 g/mol. The quantitative estimate of drug-likeness (QED) is 0.0610. The summed E-state index contributed by atoms with van der Waals surface area (Å²) in [6.07, 6.45) is 35.8. The van der Waals surface area contributed by atoms with E-state index < -0.39 is 5.97 Å². The van der Waals surface area contributed by atoms with Crippen molar-refractivity contribution in [2.45, 2.75) is 222 Å². The first-order valence-corrected chi connectivity index (χ1v) is 30.4. The van der Waals surface area contributed by atoms with Crippen LogP contribution in [0.1, 0.15) is 210 Å². The average molecular weight is 1070 g/mol. The van der Waals surface area contributed by atoms with Gasteiger partial charge in [0, 0.05) is 64.7 Å². The second-order valence-electron chi connectivity index (χ2n) is 24.2. The average Bonchev–Trinajstić information content (AvgIpc) is 4.20. The van der Waals surface area contributed by atoms with Gasteiger partial charge in [-0.1, -0.05) is 143 Å². The summed E-state index contributed by atoms with van der Waals surface area (Å²) in [5.74, 6) is 0.954. The van der Waals surface area contributed by atoms with Crippen LogP contribution in [0.15, 0.2) is 131 Å². The molecule has 0 spiro atoms. The first kappa shape index (κ1) is 60.1. The minimum atomic E-state index is -0.457. The fourth-order valence-corrected chi connectivity index (χ4v) is 12.7. The number of rotatable bonds is 25. The molecule has 7 aliphatic rings. The molecule has 3 fully saturated rings. The number of nitrogens with zero attached hydrogens (tertiary/aromatic N) is 3. The van der Waals surface area contributed by atoms with E-state index in [0.29, 0.717) is 52.9 Å². The number of hydrogen-bond donors (Lipinski definition) is 3. The molecule has 0 aromatic heterocycles. The van der Waals surface area contributed by atoms with Crippen molar-refractivity contribution in [3.05, 3.63) is 116 Å². The van der Waals surface area contributed by atoms with Crippen LogP contribution in [0.25, 0.3) is 0 Å². The molecule has 4 unspecified atom stereocenters. The number of ether oxygens (including phenoxy) is 2. The molecule has 0 aromatic carbocycles. The van der Waals surface area contributed by atoms with Gasteiger partial charge >= 0.3 is 11.9 Å². The fraction of sp³-hybridized carbons (Fsp3) is 0.612. The van der Waals surface area contributed by atoms with Crippen molar-refractivity contribution in [2.24, 2.45) is 44.6 Å². The minimum Gasteiger partial charge on any atom is -0.469 e. The Morgan fingerprint density at radius 3 is 2.10 bits per heavy atom. The second-order valence-corrected chi connectivity index (χ2v) is 24.2. The zero-order valence-corrected chi connectivity index (χ0v) is 49.6. The summed E-state index contributed by atoms with van der Waals surface area (Å²) < 4.78 is 11.3. The number of carbonyl (C=O) groups excluding carboxylic acids is 3. The van der Waals surface area contributed by atoms with Crippen LogP contribution in [0.4, 0.5) is 0 Å². The van der Waals surface area contributed by atoms with Crippen molar-refractivity contribution >= 4 is 35.0 Å². The van der Waals surface area contributed by atoms with Gasteiger partial charge in [-0.3, -0.25) is 14.4 Å². The number of hydrogen-bond acceptors (Lipinski definition) is 10. The van der Waals surface area contributed by atoms with Crippen molar-refractivity contribution in [3.8, 4) is 0 Å². The summed E-state index contributed by atoms with van der Waals surface area (Å²) in [6, 6.07) is 0.436. The molecular weight excluding hydrogens is 969 g/mol. The molecule has 0 radical (unpaired) electrons. The number of nitrogens with one attached hydrogen (secondary N) is 3. The molecular formula is C67H96N6O5. The molecule has 2 saturated carbocycles. The first-order valence-electron chi connectivity index (χ1n) is 30.4. The van der Waals surface area contributed by atoms with Crippen molar-refractivity contribution in [1.82, 2.24) is 16.0 Å². The van der Waals surface area contributed by atoms with Crippen molar-refractivity contribution in [3.63, 3.8) is 0 Å². The molecule has 11 nitrogen and oxygen atoms in total. The number of esters is 2. The SMILES string of the molecule is C=CC1=C(C)C2=NC1=CC1=NC(=C(CC)C1=CNC1CCCCC1)C=C1N=C(C(CC(=O)OC)=C3NC(=C2)C(C)C3CCC(=O)OCC=C(C)CCCC(C)CCCC(C)CCCC(C)C)C(C(=O)NC2CCCCC2)=C1C. The number of fused-ring (bicyclic) bond motifs is 5. The first-order chi connectivity index (χ1) is 37.6. The summed E-state index contributed by atoms with van der Waals surface area (Å²) in [7, 11) is 1.39. The van der Waals surface area contributed by atoms with Crippen LogP contribution in [0.2, 0.25) is 0 Å². The van der Waals surface area contributed by atoms with Gasteiger partial charge in [-0.2, -0.15) is 0 Å². The van der Waals surface area contributed by atoms with Gasteiger partial charge in [0.15, 0.2) is 0 Å². The van der Waals surface area contributed by atoms with Crippen LogP contribution in [0.3, 0.4) is 0 Å². The Kier molecular flexibility index (Phi) is 22.4. The Labute approximate surface area is 469 Å². The standard InChI is InChI=1S/C67H96N6O5/c1-12-51-46(8)56-38-57-47(9)53(33-34-62(74)78-36-35-45(7)28-22-27-44(6)26-21-25-43(5)24-20-23-42(3)4)65(72-57)54(37-63(75)77-11)66-64(67(76)69-50-31-18-15-19-32-50)48(10)58(73-66)39-60-52(13-2)55(61(71-60)40-59(51)70-56)41-68-49-29-16-14-17-30-49/h12,35,38-44,47,49-50,53,68,72H,1,13-34,36-37H2,2-11H3,(H,69,76). The highest BCUT2D eigenvalue weighted by molar-refractivity contribution is 6.31. The zero-order chi connectivity index (χ0) is 55.9. The highest BCUT2D eigenvalue weighted by Crippen LogP contribution is 2.43. The highest BCUT2D eigenvalue weighted by Gasteiger charge is 2.40. The van der Waals surface area contributed by atoms with E-state index in [1.807, 2.05) is 19.1 Å². The smallest absolute Gasteiger partial charge is 0.310 e. The van der Waals surface area contributed by atoms with Crippen LogP contribution >= 0.6 is 0 Å². The third-order valence-electron chi connectivity index (χ3n) is 17.7. The molecule has 424 valence electrons. The number of aliphatic imine (C=N–C) groups is 3. The molecule has 78 heavy (non-hydrogen) atoms. The predicted octanol–water partition coefficient (Wildman–Crippen LogP) is 15.1. The lowest BCUT2D eigenvalue weighted by Gasteiger charge is -2.24. The Hall–Kier alpha value is -5.58. The zero-order valence-electron chi connectivity index (χ0n) is 49.6. The number of carbonyl (C=O) groups is 3. The van der Waals surface area contributed by atoms with Gasteiger partial charge in [-0.05, 0) is 131 Å². The lowest BCUT2D eigenvalue weighted by molar-refractivity contribution is -0.143.